The van der Waals surface area contributed by atoms with Gasteiger partial charge in [-0.25, -0.2) is 0 Å². The van der Waals surface area contributed by atoms with Crippen molar-refractivity contribution in [1.29, 1.82) is 0 Å². The van der Waals surface area contributed by atoms with Crippen LogP contribution in [0.4, 0.5) is 0 Å². The molecular formula is C16H14O2SW. The number of hydrogen-bond donors (Lipinski definition) is 1. The first-order valence-corrected chi connectivity index (χ1v) is 8.52. The van der Waals surface area contributed by atoms with Crippen molar-refractivity contribution < 1.29 is 29.3 Å². The van der Waals surface area contributed by atoms with Crippen LogP contribution >= 0.6 is 11.3 Å². The van der Waals surface area contributed by atoms with Crippen molar-refractivity contribution in [2.75, 3.05) is 0 Å². The monoisotopic (exact) mass is 454 g/mol. The number of phenolic OH excluding ortho intramolecular Hbond substituents is 1. The maximum absolute atomic E-state index is 12.5. The molecule has 0 spiro atoms. The van der Waals surface area contributed by atoms with Gasteiger partial charge >= 0.3 is 133 Å². The van der Waals surface area contributed by atoms with Crippen molar-refractivity contribution in [2.45, 2.75) is 13.3 Å². The fourth-order valence-electron chi connectivity index (χ4n) is 1.71. The van der Waals surface area contributed by atoms with Gasteiger partial charge in [0.25, 0.3) is 0 Å². The molecule has 1 heterocycles. The zero-order valence-corrected chi connectivity index (χ0v) is 14.8. The molecule has 0 fully saturated rings. The van der Waals surface area contributed by atoms with E-state index in [9.17, 15) is 9.90 Å². The fourth-order valence-corrected chi connectivity index (χ4v) is 3.32. The van der Waals surface area contributed by atoms with E-state index >= 15 is 0 Å². The Labute approximate surface area is 132 Å². The average molecular weight is 454 g/mol. The van der Waals surface area contributed by atoms with Gasteiger partial charge in [0.2, 0.25) is 0 Å². The number of hydrogen-bond acceptors (Lipinski definition) is 3. The normalized spacial score (nSPS) is 11.1. The van der Waals surface area contributed by atoms with Crippen LogP contribution in [0.2, 0.25) is 0 Å². The Kier molecular flexibility index (Phi) is 4.85. The Bertz CT molecular complexity index is 725. The van der Waals surface area contributed by atoms with Gasteiger partial charge in [-0.05, 0) is 0 Å². The second-order valence-corrected chi connectivity index (χ2v) is 6.86. The van der Waals surface area contributed by atoms with Crippen LogP contribution in [0.1, 0.15) is 23.7 Å². The Hall–Kier alpha value is -1.31. The molecule has 20 heavy (non-hydrogen) atoms. The Balaban J connectivity index is 2.30. The molecule has 0 radical (unpaired) electrons. The number of ketones is 1. The molecule has 0 aliphatic rings. The van der Waals surface area contributed by atoms with Crippen LogP contribution < -0.4 is 0 Å². The zero-order valence-electron chi connectivity index (χ0n) is 11.1. The van der Waals surface area contributed by atoms with Crippen molar-refractivity contribution in [2.24, 2.45) is 0 Å². The third-order valence-electron chi connectivity index (χ3n) is 2.95. The van der Waals surface area contributed by atoms with Gasteiger partial charge in [0.1, 0.15) is 0 Å². The zero-order chi connectivity index (χ0) is 14.7. The van der Waals surface area contributed by atoms with E-state index in [0.29, 0.717) is 5.56 Å². The van der Waals surface area contributed by atoms with Gasteiger partial charge in [-0.1, -0.05) is 0 Å². The van der Waals surface area contributed by atoms with Crippen LogP contribution in [0.25, 0.3) is 10.1 Å². The van der Waals surface area contributed by atoms with Crippen LogP contribution in [0.15, 0.2) is 47.9 Å². The SMILES string of the molecule is C=C(C=C[C](=[W])C(=O)c1csc2cc(O)ccc12)CC. The van der Waals surface area contributed by atoms with E-state index in [1.165, 1.54) is 11.3 Å². The number of aromatic hydroxyl groups is 1. The molecule has 0 saturated carbocycles. The molecule has 0 amide bonds. The molecule has 1 N–H and O–H groups in total. The molecule has 1 aromatic heterocycles. The second kappa shape index (κ2) is 6.43. The number of carbonyl (C=O) groups is 1. The first-order valence-electron chi connectivity index (χ1n) is 6.17. The van der Waals surface area contributed by atoms with E-state index in [-0.39, 0.29) is 11.5 Å². The molecule has 0 unspecified atom stereocenters. The van der Waals surface area contributed by atoms with Crippen molar-refractivity contribution in [3.63, 3.8) is 0 Å². The number of Topliss-reactive ketones (excluding diaryl/α,β-unsaturated/α-hetero) is 1. The predicted octanol–water partition coefficient (Wildman–Crippen LogP) is 4.03. The average Bonchev–Trinajstić information content (AvgIpc) is 2.86. The fraction of sp³-hybridized carbons (Fsp3) is 0.125. The molecule has 1 aromatic carbocycles. The third kappa shape index (κ3) is 3.22. The summed E-state index contributed by atoms with van der Waals surface area (Å²) in [7, 11) is 0. The number of carbonyl (C=O) groups excluding carboxylic acids is 1. The Morgan fingerprint density at radius 2 is 2.20 bits per heavy atom. The van der Waals surface area contributed by atoms with E-state index < -0.39 is 0 Å². The number of allylic oxidation sites excluding steroid dienone is 3. The summed E-state index contributed by atoms with van der Waals surface area (Å²) >= 11 is 2.62. The second-order valence-electron chi connectivity index (χ2n) is 4.37. The molecule has 0 saturated heterocycles. The number of benzene rings is 1. The van der Waals surface area contributed by atoms with Gasteiger partial charge in [0.05, 0.1) is 0 Å². The summed E-state index contributed by atoms with van der Waals surface area (Å²) in [5.41, 5.74) is 1.72. The number of rotatable bonds is 5. The summed E-state index contributed by atoms with van der Waals surface area (Å²) in [6.07, 6.45) is 4.64. The molecule has 0 bridgehead atoms. The molecule has 0 atom stereocenters. The van der Waals surface area contributed by atoms with Gasteiger partial charge in [0, 0.05) is 0 Å². The van der Waals surface area contributed by atoms with E-state index in [1.807, 2.05) is 24.5 Å². The summed E-state index contributed by atoms with van der Waals surface area (Å²) in [6.45, 7) is 5.94. The number of phenols is 1. The van der Waals surface area contributed by atoms with Crippen molar-refractivity contribution >= 4 is 31.1 Å². The van der Waals surface area contributed by atoms with Crippen LogP contribution in [-0.2, 0) is 19.4 Å². The van der Waals surface area contributed by atoms with Crippen molar-refractivity contribution in [3.8, 4) is 5.75 Å². The quantitative estimate of drug-likeness (QED) is 0.548. The van der Waals surface area contributed by atoms with E-state index in [2.05, 4.69) is 6.58 Å². The third-order valence-corrected chi connectivity index (χ3v) is 5.05. The Morgan fingerprint density at radius 1 is 1.45 bits per heavy atom. The predicted molar refractivity (Wildman–Crippen MR) is 81.4 cm³/mol. The molecular weight excluding hydrogens is 440 g/mol. The molecule has 4 heteroatoms. The summed E-state index contributed by atoms with van der Waals surface area (Å²) in [5.74, 6) is 0.279. The first kappa shape index (κ1) is 15.1. The van der Waals surface area contributed by atoms with Gasteiger partial charge in [0.15, 0.2) is 0 Å². The maximum atomic E-state index is 12.5. The summed E-state index contributed by atoms with van der Waals surface area (Å²) in [6, 6.07) is 5.10. The minimum atomic E-state index is 0.0529. The molecule has 2 nitrogen and oxygen atoms in total. The van der Waals surface area contributed by atoms with Crippen molar-refractivity contribution in [3.05, 3.63) is 53.4 Å². The Morgan fingerprint density at radius 3 is 2.90 bits per heavy atom. The van der Waals surface area contributed by atoms with Crippen LogP contribution in [0.3, 0.4) is 0 Å². The summed E-state index contributed by atoms with van der Waals surface area (Å²) < 4.78 is 1.70. The minimum absolute atomic E-state index is 0.0529. The molecule has 102 valence electrons. The van der Waals surface area contributed by atoms with Gasteiger partial charge < -0.3 is 0 Å². The number of thiophene rings is 1. The van der Waals surface area contributed by atoms with E-state index in [4.69, 9.17) is 0 Å². The standard InChI is InChI=1S/C16H14O2S.W/c1-3-11(2)5-4-6-15(18)14-10-19-16-9-12(17)7-8-13(14)16;/h4-5,7-10,17H,2-3H2,1H3;. The summed E-state index contributed by atoms with van der Waals surface area (Å²) in [4.78, 5) is 12.5. The van der Waals surface area contributed by atoms with Gasteiger partial charge in [-0.15, -0.1) is 0 Å². The van der Waals surface area contributed by atoms with Gasteiger partial charge in [-0.3, -0.25) is 0 Å². The molecule has 2 aromatic rings. The summed E-state index contributed by atoms with van der Waals surface area (Å²) in [5, 5.41) is 12.2. The molecule has 0 aliphatic carbocycles. The molecule has 0 aliphatic heterocycles. The van der Waals surface area contributed by atoms with E-state index in [1.54, 1.807) is 18.2 Å². The topological polar surface area (TPSA) is 37.3 Å². The number of fused-ring (bicyclic) bond motifs is 1. The van der Waals surface area contributed by atoms with Crippen molar-refractivity contribution in [1.82, 2.24) is 0 Å². The van der Waals surface area contributed by atoms with Crippen LogP contribution in [-0.4, -0.2) is 14.8 Å². The first-order chi connectivity index (χ1) is 9.52. The van der Waals surface area contributed by atoms with Gasteiger partial charge in [-0.2, -0.15) is 0 Å². The van der Waals surface area contributed by atoms with Crippen LogP contribution in [0.5, 0.6) is 5.75 Å². The van der Waals surface area contributed by atoms with Crippen LogP contribution in [0, 0.1) is 0 Å². The molecule has 2 rings (SSSR count). The van der Waals surface area contributed by atoms with E-state index in [0.717, 1.165) is 45.3 Å².